The summed E-state index contributed by atoms with van der Waals surface area (Å²) in [6.45, 7) is 7.14. The molecule has 3 nitrogen and oxygen atoms in total. The molecule has 0 bridgehead atoms. The Morgan fingerprint density at radius 3 is 2.58 bits per heavy atom. The number of rotatable bonds is 2. The van der Waals surface area contributed by atoms with E-state index in [-0.39, 0.29) is 11.9 Å². The van der Waals surface area contributed by atoms with Crippen LogP contribution in [-0.4, -0.2) is 18.5 Å². The lowest BCUT2D eigenvalue weighted by molar-refractivity contribution is -0.119. The van der Waals surface area contributed by atoms with E-state index in [1.807, 2.05) is 26.0 Å². The van der Waals surface area contributed by atoms with E-state index >= 15 is 0 Å². The van der Waals surface area contributed by atoms with Crippen LogP contribution in [0.15, 0.2) is 16.6 Å². The van der Waals surface area contributed by atoms with Crippen LogP contribution in [0.5, 0.6) is 0 Å². The predicted octanol–water partition coefficient (Wildman–Crippen LogP) is 3.39. The maximum atomic E-state index is 12.3. The maximum absolute atomic E-state index is 12.3. The van der Waals surface area contributed by atoms with Gasteiger partial charge in [-0.3, -0.25) is 4.79 Å². The first kappa shape index (κ1) is 14.5. The zero-order valence-corrected chi connectivity index (χ0v) is 13.3. The molecule has 2 rings (SSSR count). The summed E-state index contributed by atoms with van der Waals surface area (Å²) in [5, 5.41) is 6.34. The smallest absolute Gasteiger partial charge is 0.241 e. The number of anilines is 1. The number of aryl methyl sites for hydroxylation is 2. The summed E-state index contributed by atoms with van der Waals surface area (Å²) in [4.78, 5) is 12.3. The summed E-state index contributed by atoms with van der Waals surface area (Å²) >= 11 is 3.54. The van der Waals surface area contributed by atoms with Crippen LogP contribution in [0.3, 0.4) is 0 Å². The molecule has 19 heavy (non-hydrogen) atoms. The van der Waals surface area contributed by atoms with Gasteiger partial charge >= 0.3 is 0 Å². The van der Waals surface area contributed by atoms with Gasteiger partial charge in [0.25, 0.3) is 0 Å². The molecule has 0 aliphatic carbocycles. The molecule has 2 atom stereocenters. The Balaban J connectivity index is 2.10. The molecule has 104 valence electrons. The van der Waals surface area contributed by atoms with E-state index in [1.165, 1.54) is 0 Å². The lowest BCUT2D eigenvalue weighted by Gasteiger charge is -2.29. The summed E-state index contributed by atoms with van der Waals surface area (Å²) in [6, 6.07) is 3.93. The highest BCUT2D eigenvalue weighted by atomic mass is 79.9. The van der Waals surface area contributed by atoms with Crippen LogP contribution in [0.4, 0.5) is 5.69 Å². The summed E-state index contributed by atoms with van der Waals surface area (Å²) in [7, 11) is 0. The maximum Gasteiger partial charge on any atom is 0.241 e. The number of hydrogen-bond donors (Lipinski definition) is 2. The third kappa shape index (κ3) is 3.37. The van der Waals surface area contributed by atoms with Crippen molar-refractivity contribution in [1.82, 2.24) is 5.32 Å². The first-order valence-electron chi connectivity index (χ1n) is 6.80. The lowest BCUT2D eigenvalue weighted by Crippen LogP contribution is -2.48. The van der Waals surface area contributed by atoms with E-state index in [9.17, 15) is 4.79 Å². The predicted molar refractivity (Wildman–Crippen MR) is 82.4 cm³/mol. The molecule has 2 unspecified atom stereocenters. The van der Waals surface area contributed by atoms with Gasteiger partial charge < -0.3 is 10.6 Å². The van der Waals surface area contributed by atoms with Gasteiger partial charge in [-0.25, -0.2) is 0 Å². The Morgan fingerprint density at radius 1 is 1.37 bits per heavy atom. The van der Waals surface area contributed by atoms with Gasteiger partial charge in [-0.1, -0.05) is 22.9 Å². The van der Waals surface area contributed by atoms with Crippen LogP contribution in [0.25, 0.3) is 0 Å². The zero-order chi connectivity index (χ0) is 14.0. The Morgan fingerprint density at radius 2 is 2.00 bits per heavy atom. The van der Waals surface area contributed by atoms with Gasteiger partial charge in [0.15, 0.2) is 0 Å². The second-order valence-electron chi connectivity index (χ2n) is 5.46. The summed E-state index contributed by atoms with van der Waals surface area (Å²) in [5.41, 5.74) is 3.16. The third-order valence-corrected chi connectivity index (χ3v) is 5.01. The Bertz CT molecular complexity index is 464. The van der Waals surface area contributed by atoms with Crippen molar-refractivity contribution < 1.29 is 4.79 Å². The molecule has 1 amide bonds. The summed E-state index contributed by atoms with van der Waals surface area (Å²) in [6.07, 6.45) is 2.27. The molecule has 1 heterocycles. The van der Waals surface area contributed by atoms with Crippen LogP contribution in [0, 0.1) is 19.8 Å². The van der Waals surface area contributed by atoms with E-state index in [2.05, 4.69) is 33.5 Å². The second-order valence-corrected chi connectivity index (χ2v) is 6.26. The fourth-order valence-electron chi connectivity index (χ4n) is 2.64. The number of halogens is 1. The van der Waals surface area contributed by atoms with Crippen LogP contribution >= 0.6 is 15.9 Å². The third-order valence-electron chi connectivity index (χ3n) is 3.76. The number of benzene rings is 1. The summed E-state index contributed by atoms with van der Waals surface area (Å²) in [5.74, 6) is 0.472. The molecule has 0 radical (unpaired) electrons. The van der Waals surface area contributed by atoms with E-state index in [4.69, 9.17) is 0 Å². The highest BCUT2D eigenvalue weighted by molar-refractivity contribution is 9.10. The number of carbonyl (C=O) groups excluding carboxylic acids is 1. The molecule has 4 heteroatoms. The fraction of sp³-hybridized carbons (Fsp3) is 0.533. The van der Waals surface area contributed by atoms with Gasteiger partial charge in [0.1, 0.15) is 0 Å². The van der Waals surface area contributed by atoms with E-state index in [0.717, 1.165) is 40.7 Å². The van der Waals surface area contributed by atoms with Gasteiger partial charge in [-0.15, -0.1) is 0 Å². The molecule has 2 N–H and O–H groups in total. The first-order valence-corrected chi connectivity index (χ1v) is 7.59. The molecule has 1 fully saturated rings. The minimum atomic E-state index is -0.0713. The average molecular weight is 325 g/mol. The largest absolute Gasteiger partial charge is 0.325 e. The minimum Gasteiger partial charge on any atom is -0.325 e. The average Bonchev–Trinajstić information content (AvgIpc) is 2.36. The molecule has 1 aromatic carbocycles. The van der Waals surface area contributed by atoms with E-state index < -0.39 is 0 Å². The highest BCUT2D eigenvalue weighted by Crippen LogP contribution is 2.25. The minimum absolute atomic E-state index is 0.0713. The van der Waals surface area contributed by atoms with Crippen molar-refractivity contribution in [2.24, 2.45) is 5.92 Å². The SMILES string of the molecule is Cc1cc(NC(=O)C2NCCCC2C)cc(C)c1Br. The monoisotopic (exact) mass is 324 g/mol. The molecular weight excluding hydrogens is 304 g/mol. The zero-order valence-electron chi connectivity index (χ0n) is 11.7. The fourth-order valence-corrected chi connectivity index (χ4v) is 2.87. The van der Waals surface area contributed by atoms with Crippen LogP contribution in [-0.2, 0) is 4.79 Å². The molecule has 1 aromatic rings. The number of hydrogen-bond acceptors (Lipinski definition) is 2. The topological polar surface area (TPSA) is 41.1 Å². The highest BCUT2D eigenvalue weighted by Gasteiger charge is 2.27. The van der Waals surface area contributed by atoms with Gasteiger partial charge in [0, 0.05) is 10.2 Å². The molecule has 0 spiro atoms. The van der Waals surface area contributed by atoms with Crippen LogP contribution in [0.2, 0.25) is 0 Å². The van der Waals surface area contributed by atoms with Gasteiger partial charge in [0.05, 0.1) is 6.04 Å². The second kappa shape index (κ2) is 6.06. The van der Waals surface area contributed by atoms with Crippen LogP contribution in [0.1, 0.15) is 30.9 Å². The Labute approximate surface area is 123 Å². The molecule has 1 aliphatic rings. The van der Waals surface area contributed by atoms with E-state index in [1.54, 1.807) is 0 Å². The molecule has 0 aromatic heterocycles. The van der Waals surface area contributed by atoms with Crippen molar-refractivity contribution >= 4 is 27.5 Å². The van der Waals surface area contributed by atoms with Crippen LogP contribution < -0.4 is 10.6 Å². The quantitative estimate of drug-likeness (QED) is 0.875. The lowest BCUT2D eigenvalue weighted by atomic mass is 9.92. The van der Waals surface area contributed by atoms with Gasteiger partial charge in [-0.05, 0) is 62.4 Å². The molecule has 1 saturated heterocycles. The number of amides is 1. The Hall–Kier alpha value is -0.870. The van der Waals surface area contributed by atoms with Crippen molar-refractivity contribution in [2.75, 3.05) is 11.9 Å². The van der Waals surface area contributed by atoms with Gasteiger partial charge in [0.2, 0.25) is 5.91 Å². The number of nitrogens with one attached hydrogen (secondary N) is 2. The molecule has 1 aliphatic heterocycles. The molecule has 0 saturated carbocycles. The number of piperidine rings is 1. The summed E-state index contributed by atoms with van der Waals surface area (Å²) < 4.78 is 1.11. The van der Waals surface area contributed by atoms with Crippen molar-refractivity contribution in [3.63, 3.8) is 0 Å². The van der Waals surface area contributed by atoms with Crippen molar-refractivity contribution in [3.8, 4) is 0 Å². The first-order chi connectivity index (χ1) is 8.99. The van der Waals surface area contributed by atoms with E-state index in [0.29, 0.717) is 5.92 Å². The van der Waals surface area contributed by atoms with Crippen molar-refractivity contribution in [2.45, 2.75) is 39.7 Å². The van der Waals surface area contributed by atoms with Crippen molar-refractivity contribution in [3.05, 3.63) is 27.7 Å². The number of carbonyl (C=O) groups is 1. The standard InChI is InChI=1S/C15H21BrN2O/c1-9-5-4-6-17-14(9)15(19)18-12-7-10(2)13(16)11(3)8-12/h7-9,14,17H,4-6H2,1-3H3,(H,18,19). The molecular formula is C15H21BrN2O. The van der Waals surface area contributed by atoms with Gasteiger partial charge in [-0.2, -0.15) is 0 Å². The normalized spacial score (nSPS) is 23.2. The van der Waals surface area contributed by atoms with Crippen molar-refractivity contribution in [1.29, 1.82) is 0 Å². The Kier molecular flexibility index (Phi) is 4.63.